The summed E-state index contributed by atoms with van der Waals surface area (Å²) in [5.41, 5.74) is 1.16. The van der Waals surface area contributed by atoms with E-state index in [1.54, 1.807) is 18.2 Å². The van der Waals surface area contributed by atoms with E-state index in [1.807, 2.05) is 0 Å². The van der Waals surface area contributed by atoms with E-state index in [1.165, 1.54) is 30.6 Å². The molecule has 3 aromatic rings. The molecular formula is C14H9Cl2N3O3S. The molecule has 0 aliphatic rings. The maximum atomic E-state index is 10.8. The van der Waals surface area contributed by atoms with E-state index in [0.29, 0.717) is 32.1 Å². The first-order chi connectivity index (χ1) is 11.0. The first-order valence-corrected chi connectivity index (χ1v) is 7.90. The molecule has 0 unspecified atom stereocenters. The average molecular weight is 370 g/mol. The minimum Gasteiger partial charge on any atom is -0.494 e. The van der Waals surface area contributed by atoms with Gasteiger partial charge in [-0.05, 0) is 18.2 Å². The molecule has 0 saturated heterocycles. The van der Waals surface area contributed by atoms with Gasteiger partial charge < -0.3 is 10.1 Å². The van der Waals surface area contributed by atoms with E-state index in [-0.39, 0.29) is 5.69 Å². The quantitative estimate of drug-likeness (QED) is 0.500. The second kappa shape index (κ2) is 6.19. The topological polar surface area (TPSA) is 77.3 Å². The number of nitro groups is 1. The summed E-state index contributed by atoms with van der Waals surface area (Å²) in [6.45, 7) is 0. The van der Waals surface area contributed by atoms with Crippen LogP contribution in [0.1, 0.15) is 0 Å². The standard InChI is InChI=1S/C14H9Cl2N3O3S/c1-22-11-6-8(19(20)21)2-3-10(11)17-14-18-13-9(16)4-7(15)5-12(13)23-14/h2-6H,1H3,(H,17,18). The van der Waals surface area contributed by atoms with Crippen LogP contribution in [-0.2, 0) is 0 Å². The predicted octanol–water partition coefficient (Wildman–Crippen LogP) is 5.26. The number of benzene rings is 2. The van der Waals surface area contributed by atoms with Gasteiger partial charge in [0.25, 0.3) is 5.69 Å². The number of nitro benzene ring substituents is 1. The van der Waals surface area contributed by atoms with Crippen molar-refractivity contribution in [2.24, 2.45) is 0 Å². The zero-order valence-corrected chi connectivity index (χ0v) is 14.0. The fraction of sp³-hybridized carbons (Fsp3) is 0.0714. The third-order valence-corrected chi connectivity index (χ3v) is 4.47. The second-order valence-corrected chi connectivity index (χ2v) is 6.39. The Balaban J connectivity index is 1.98. The lowest BCUT2D eigenvalue weighted by atomic mass is 10.2. The molecule has 0 bridgehead atoms. The minimum absolute atomic E-state index is 0.0495. The molecule has 118 valence electrons. The van der Waals surface area contributed by atoms with E-state index < -0.39 is 4.92 Å². The zero-order chi connectivity index (χ0) is 16.6. The van der Waals surface area contributed by atoms with Crippen molar-refractivity contribution in [2.45, 2.75) is 0 Å². The molecule has 6 nitrogen and oxygen atoms in total. The van der Waals surface area contributed by atoms with Crippen molar-refractivity contribution in [3.05, 3.63) is 50.5 Å². The van der Waals surface area contributed by atoms with Crippen molar-refractivity contribution in [1.82, 2.24) is 4.98 Å². The molecule has 2 aromatic carbocycles. The van der Waals surface area contributed by atoms with Crippen LogP contribution in [-0.4, -0.2) is 17.0 Å². The molecular weight excluding hydrogens is 361 g/mol. The lowest BCUT2D eigenvalue weighted by molar-refractivity contribution is -0.384. The lowest BCUT2D eigenvalue weighted by Crippen LogP contribution is -1.96. The van der Waals surface area contributed by atoms with Crippen LogP contribution in [0.4, 0.5) is 16.5 Å². The molecule has 3 rings (SSSR count). The summed E-state index contributed by atoms with van der Waals surface area (Å²) >= 11 is 13.5. The molecule has 0 spiro atoms. The predicted molar refractivity (Wildman–Crippen MR) is 92.6 cm³/mol. The smallest absolute Gasteiger partial charge is 0.273 e. The lowest BCUT2D eigenvalue weighted by Gasteiger charge is -2.08. The molecule has 0 saturated carbocycles. The van der Waals surface area contributed by atoms with Crippen molar-refractivity contribution < 1.29 is 9.66 Å². The summed E-state index contributed by atoms with van der Waals surface area (Å²) in [6.07, 6.45) is 0. The number of non-ortho nitro benzene ring substituents is 1. The van der Waals surface area contributed by atoms with Gasteiger partial charge in [-0.1, -0.05) is 34.5 Å². The molecule has 0 radical (unpaired) electrons. The largest absolute Gasteiger partial charge is 0.494 e. The number of aromatic nitrogens is 1. The van der Waals surface area contributed by atoms with Gasteiger partial charge in [0.1, 0.15) is 11.3 Å². The monoisotopic (exact) mass is 369 g/mol. The Morgan fingerprint density at radius 1 is 1.30 bits per heavy atom. The molecule has 23 heavy (non-hydrogen) atoms. The van der Waals surface area contributed by atoms with Crippen LogP contribution < -0.4 is 10.1 Å². The van der Waals surface area contributed by atoms with Crippen LogP contribution in [0.5, 0.6) is 5.75 Å². The molecule has 1 heterocycles. The molecule has 0 atom stereocenters. The number of anilines is 2. The zero-order valence-electron chi connectivity index (χ0n) is 11.7. The number of rotatable bonds is 4. The number of halogens is 2. The van der Waals surface area contributed by atoms with Gasteiger partial charge in [-0.25, -0.2) is 4.98 Å². The summed E-state index contributed by atoms with van der Waals surface area (Å²) in [6, 6.07) is 7.71. The minimum atomic E-state index is -0.480. The van der Waals surface area contributed by atoms with Crippen LogP contribution in [0.15, 0.2) is 30.3 Å². The first kappa shape index (κ1) is 15.8. The average Bonchev–Trinajstić information content (AvgIpc) is 2.90. The van der Waals surface area contributed by atoms with Gasteiger partial charge in [0.15, 0.2) is 5.13 Å². The highest BCUT2D eigenvalue weighted by Crippen LogP contribution is 2.37. The van der Waals surface area contributed by atoms with Crippen LogP contribution in [0, 0.1) is 10.1 Å². The Hall–Kier alpha value is -2.09. The van der Waals surface area contributed by atoms with E-state index in [2.05, 4.69) is 10.3 Å². The maximum Gasteiger partial charge on any atom is 0.273 e. The van der Waals surface area contributed by atoms with Crippen LogP contribution in [0.25, 0.3) is 10.2 Å². The first-order valence-electron chi connectivity index (χ1n) is 6.33. The van der Waals surface area contributed by atoms with Gasteiger partial charge in [-0.2, -0.15) is 0 Å². The molecule has 1 aromatic heterocycles. The maximum absolute atomic E-state index is 10.8. The van der Waals surface area contributed by atoms with Crippen LogP contribution in [0.3, 0.4) is 0 Å². The van der Waals surface area contributed by atoms with E-state index in [0.717, 1.165) is 4.70 Å². The number of ether oxygens (including phenoxy) is 1. The van der Waals surface area contributed by atoms with Crippen molar-refractivity contribution in [3.63, 3.8) is 0 Å². The van der Waals surface area contributed by atoms with Crippen molar-refractivity contribution >= 4 is 61.3 Å². The van der Waals surface area contributed by atoms with Gasteiger partial charge in [0.2, 0.25) is 0 Å². The van der Waals surface area contributed by atoms with Crippen molar-refractivity contribution in [1.29, 1.82) is 0 Å². The van der Waals surface area contributed by atoms with E-state index in [9.17, 15) is 10.1 Å². The summed E-state index contributed by atoms with van der Waals surface area (Å²) in [4.78, 5) is 14.7. The SMILES string of the molecule is COc1cc([N+](=O)[O-])ccc1Nc1nc2c(Cl)cc(Cl)cc2s1. The molecule has 0 fully saturated rings. The fourth-order valence-electron chi connectivity index (χ4n) is 2.02. The molecule has 1 N–H and O–H groups in total. The summed E-state index contributed by atoms with van der Waals surface area (Å²) in [5.74, 6) is 0.350. The summed E-state index contributed by atoms with van der Waals surface area (Å²) < 4.78 is 6.03. The van der Waals surface area contributed by atoms with Gasteiger partial charge in [0.05, 0.1) is 33.5 Å². The molecule has 0 amide bonds. The van der Waals surface area contributed by atoms with Crippen LogP contribution >= 0.6 is 34.5 Å². The Labute approximate surface area is 144 Å². The number of methoxy groups -OCH3 is 1. The molecule has 0 aliphatic carbocycles. The summed E-state index contributed by atoms with van der Waals surface area (Å²) in [7, 11) is 1.44. The van der Waals surface area contributed by atoms with Crippen molar-refractivity contribution in [2.75, 3.05) is 12.4 Å². The third-order valence-electron chi connectivity index (χ3n) is 3.05. The highest BCUT2D eigenvalue weighted by molar-refractivity contribution is 7.22. The Morgan fingerprint density at radius 3 is 2.78 bits per heavy atom. The van der Waals surface area contributed by atoms with Gasteiger partial charge >= 0.3 is 0 Å². The molecule has 9 heteroatoms. The fourth-order valence-corrected chi connectivity index (χ4v) is 3.62. The Morgan fingerprint density at radius 2 is 2.09 bits per heavy atom. The van der Waals surface area contributed by atoms with E-state index in [4.69, 9.17) is 27.9 Å². The number of hydrogen-bond acceptors (Lipinski definition) is 6. The number of nitrogens with zero attached hydrogens (tertiary/aromatic N) is 2. The van der Waals surface area contributed by atoms with Gasteiger partial charge in [-0.15, -0.1) is 0 Å². The van der Waals surface area contributed by atoms with Gasteiger partial charge in [-0.3, -0.25) is 10.1 Å². The highest BCUT2D eigenvalue weighted by atomic mass is 35.5. The Kier molecular flexibility index (Phi) is 4.25. The normalized spacial score (nSPS) is 10.7. The third kappa shape index (κ3) is 3.17. The number of hydrogen-bond donors (Lipinski definition) is 1. The number of nitrogens with one attached hydrogen (secondary N) is 1. The van der Waals surface area contributed by atoms with Crippen LogP contribution in [0.2, 0.25) is 10.0 Å². The summed E-state index contributed by atoms with van der Waals surface area (Å²) in [5, 5.41) is 15.5. The number of thiazole rings is 1. The van der Waals surface area contributed by atoms with E-state index >= 15 is 0 Å². The highest BCUT2D eigenvalue weighted by Gasteiger charge is 2.14. The second-order valence-electron chi connectivity index (χ2n) is 4.52. The Bertz CT molecular complexity index is 914. The molecule has 0 aliphatic heterocycles. The van der Waals surface area contributed by atoms with Crippen molar-refractivity contribution in [3.8, 4) is 5.75 Å². The van der Waals surface area contributed by atoms with Gasteiger partial charge in [0, 0.05) is 11.1 Å². The number of fused-ring (bicyclic) bond motifs is 1.